The molecule has 0 radical (unpaired) electrons. The molecule has 2 heterocycles. The Morgan fingerprint density at radius 3 is 2.71 bits per heavy atom. The Morgan fingerprint density at radius 1 is 1.43 bits per heavy atom. The highest BCUT2D eigenvalue weighted by molar-refractivity contribution is 9.10. The van der Waals surface area contributed by atoms with Gasteiger partial charge in [-0.1, -0.05) is 6.92 Å². The van der Waals surface area contributed by atoms with E-state index >= 15 is 0 Å². The van der Waals surface area contributed by atoms with Crippen molar-refractivity contribution < 1.29 is 9.53 Å². The summed E-state index contributed by atoms with van der Waals surface area (Å²) in [5, 5.41) is 4.54. The molecule has 2 aromatic rings. The molecule has 1 unspecified atom stereocenters. The Labute approximate surface area is 132 Å². The number of esters is 1. The standard InChI is InChI=1S/C15H18BrN3O2/c1-9(15(20)21-4)7-13-10(2)18-19(11(13)3)14-6-5-12(16)8-17-14/h5-6,8-9H,7H2,1-4H3. The molecule has 1 atom stereocenters. The Hall–Kier alpha value is -1.69. The zero-order valence-electron chi connectivity index (χ0n) is 12.6. The predicted molar refractivity (Wildman–Crippen MR) is 83.4 cm³/mol. The molecular formula is C15H18BrN3O2. The maximum absolute atomic E-state index is 11.6. The van der Waals surface area contributed by atoms with Gasteiger partial charge in [-0.05, 0) is 53.9 Å². The van der Waals surface area contributed by atoms with Crippen LogP contribution in [0.1, 0.15) is 23.9 Å². The molecule has 0 bridgehead atoms. The van der Waals surface area contributed by atoms with Crippen LogP contribution in [0.25, 0.3) is 5.82 Å². The molecule has 5 nitrogen and oxygen atoms in total. The lowest BCUT2D eigenvalue weighted by Gasteiger charge is -2.09. The summed E-state index contributed by atoms with van der Waals surface area (Å²) < 4.78 is 7.51. The average Bonchev–Trinajstić information content (AvgIpc) is 2.75. The molecule has 0 aliphatic carbocycles. The first-order valence-electron chi connectivity index (χ1n) is 6.69. The van der Waals surface area contributed by atoms with Gasteiger partial charge in [0.05, 0.1) is 18.7 Å². The number of hydrogen-bond donors (Lipinski definition) is 0. The smallest absolute Gasteiger partial charge is 0.308 e. The minimum absolute atomic E-state index is 0.192. The number of hydrogen-bond acceptors (Lipinski definition) is 4. The highest BCUT2D eigenvalue weighted by Crippen LogP contribution is 2.21. The minimum Gasteiger partial charge on any atom is -0.469 e. The Morgan fingerprint density at radius 2 is 2.14 bits per heavy atom. The summed E-state index contributed by atoms with van der Waals surface area (Å²) in [6.45, 7) is 5.80. The number of rotatable bonds is 4. The van der Waals surface area contributed by atoms with Crippen LogP contribution in [0.5, 0.6) is 0 Å². The van der Waals surface area contributed by atoms with Gasteiger partial charge < -0.3 is 4.74 Å². The zero-order chi connectivity index (χ0) is 15.6. The van der Waals surface area contributed by atoms with Gasteiger partial charge >= 0.3 is 5.97 Å². The number of aromatic nitrogens is 3. The van der Waals surface area contributed by atoms with E-state index in [-0.39, 0.29) is 11.9 Å². The monoisotopic (exact) mass is 351 g/mol. The van der Waals surface area contributed by atoms with Crippen molar-refractivity contribution in [3.8, 4) is 5.82 Å². The number of carbonyl (C=O) groups is 1. The molecule has 0 N–H and O–H groups in total. The zero-order valence-corrected chi connectivity index (χ0v) is 14.1. The fourth-order valence-corrected chi connectivity index (χ4v) is 2.51. The van der Waals surface area contributed by atoms with Crippen LogP contribution < -0.4 is 0 Å². The first-order valence-corrected chi connectivity index (χ1v) is 7.48. The summed E-state index contributed by atoms with van der Waals surface area (Å²) in [5.41, 5.74) is 2.98. The van der Waals surface area contributed by atoms with E-state index in [1.54, 1.807) is 10.9 Å². The SMILES string of the molecule is COC(=O)C(C)Cc1c(C)nn(-c2ccc(Br)cn2)c1C. The van der Waals surface area contributed by atoms with Crippen molar-refractivity contribution >= 4 is 21.9 Å². The minimum atomic E-state index is -0.205. The van der Waals surface area contributed by atoms with Gasteiger partial charge in [-0.25, -0.2) is 9.67 Å². The topological polar surface area (TPSA) is 57.0 Å². The van der Waals surface area contributed by atoms with Crippen LogP contribution in [0.4, 0.5) is 0 Å². The molecule has 21 heavy (non-hydrogen) atoms. The second-order valence-electron chi connectivity index (χ2n) is 5.02. The number of carbonyl (C=O) groups excluding carboxylic acids is 1. The van der Waals surface area contributed by atoms with Crippen LogP contribution in [0.15, 0.2) is 22.8 Å². The van der Waals surface area contributed by atoms with Crippen molar-refractivity contribution in [3.05, 3.63) is 39.8 Å². The number of ether oxygens (including phenoxy) is 1. The van der Waals surface area contributed by atoms with E-state index in [1.807, 2.05) is 32.9 Å². The van der Waals surface area contributed by atoms with E-state index in [4.69, 9.17) is 4.74 Å². The van der Waals surface area contributed by atoms with E-state index in [2.05, 4.69) is 26.0 Å². The molecule has 0 spiro atoms. The first-order chi connectivity index (χ1) is 9.93. The van der Waals surface area contributed by atoms with Gasteiger partial charge in [0.2, 0.25) is 0 Å². The summed E-state index contributed by atoms with van der Waals surface area (Å²) in [4.78, 5) is 15.9. The lowest BCUT2D eigenvalue weighted by atomic mass is 10.00. The normalized spacial score (nSPS) is 12.2. The molecule has 0 aromatic carbocycles. The van der Waals surface area contributed by atoms with Crippen molar-refractivity contribution in [3.63, 3.8) is 0 Å². The molecule has 112 valence electrons. The van der Waals surface area contributed by atoms with Gasteiger partial charge in [0.25, 0.3) is 0 Å². The number of halogens is 1. The molecule has 6 heteroatoms. The van der Waals surface area contributed by atoms with Crippen molar-refractivity contribution in [2.24, 2.45) is 5.92 Å². The van der Waals surface area contributed by atoms with Gasteiger partial charge in [0, 0.05) is 16.4 Å². The quantitative estimate of drug-likeness (QED) is 0.794. The lowest BCUT2D eigenvalue weighted by molar-refractivity contribution is -0.144. The molecule has 2 rings (SSSR count). The Balaban J connectivity index is 2.33. The molecule has 0 aliphatic rings. The molecule has 2 aromatic heterocycles. The van der Waals surface area contributed by atoms with Crippen molar-refractivity contribution in [2.75, 3.05) is 7.11 Å². The summed E-state index contributed by atoms with van der Waals surface area (Å²) >= 11 is 3.37. The van der Waals surface area contributed by atoms with Gasteiger partial charge in [0.15, 0.2) is 5.82 Å². The summed E-state index contributed by atoms with van der Waals surface area (Å²) in [7, 11) is 1.41. The van der Waals surface area contributed by atoms with E-state index in [0.29, 0.717) is 6.42 Å². The third-order valence-electron chi connectivity index (χ3n) is 3.48. The van der Waals surface area contributed by atoms with Gasteiger partial charge in [-0.2, -0.15) is 5.10 Å². The molecule has 0 aliphatic heterocycles. The Kier molecular flexibility index (Phi) is 4.77. The first kappa shape index (κ1) is 15.7. The van der Waals surface area contributed by atoms with Crippen LogP contribution in [-0.2, 0) is 16.0 Å². The van der Waals surface area contributed by atoms with Crippen molar-refractivity contribution in [1.29, 1.82) is 0 Å². The van der Waals surface area contributed by atoms with E-state index in [9.17, 15) is 4.79 Å². The van der Waals surface area contributed by atoms with E-state index in [1.165, 1.54) is 7.11 Å². The van der Waals surface area contributed by atoms with Crippen LogP contribution >= 0.6 is 15.9 Å². The third kappa shape index (κ3) is 3.32. The average molecular weight is 352 g/mol. The van der Waals surface area contributed by atoms with E-state index in [0.717, 1.165) is 27.2 Å². The number of nitrogens with zero attached hydrogens (tertiary/aromatic N) is 3. The van der Waals surface area contributed by atoms with Crippen LogP contribution in [0.3, 0.4) is 0 Å². The van der Waals surface area contributed by atoms with Crippen LogP contribution in [0.2, 0.25) is 0 Å². The van der Waals surface area contributed by atoms with Gasteiger partial charge in [0.1, 0.15) is 0 Å². The molecule has 0 fully saturated rings. The maximum atomic E-state index is 11.6. The van der Waals surface area contributed by atoms with Crippen LogP contribution in [-0.4, -0.2) is 27.8 Å². The maximum Gasteiger partial charge on any atom is 0.308 e. The van der Waals surface area contributed by atoms with Gasteiger partial charge in [-0.3, -0.25) is 4.79 Å². The number of aryl methyl sites for hydroxylation is 1. The summed E-state index contributed by atoms with van der Waals surface area (Å²) in [6, 6.07) is 3.83. The van der Waals surface area contributed by atoms with Crippen LogP contribution in [0, 0.1) is 19.8 Å². The fourth-order valence-electron chi connectivity index (χ4n) is 2.28. The summed E-state index contributed by atoms with van der Waals surface area (Å²) in [5.74, 6) is 0.363. The predicted octanol–water partition coefficient (Wildman–Crippen LogP) is 3.00. The molecule has 0 amide bonds. The lowest BCUT2D eigenvalue weighted by Crippen LogP contribution is -2.15. The number of pyridine rings is 1. The third-order valence-corrected chi connectivity index (χ3v) is 3.95. The largest absolute Gasteiger partial charge is 0.469 e. The molecule has 0 saturated carbocycles. The van der Waals surface area contributed by atoms with Gasteiger partial charge in [-0.15, -0.1) is 0 Å². The second kappa shape index (κ2) is 6.39. The summed E-state index contributed by atoms with van der Waals surface area (Å²) in [6.07, 6.45) is 2.35. The van der Waals surface area contributed by atoms with E-state index < -0.39 is 0 Å². The molecule has 0 saturated heterocycles. The van der Waals surface area contributed by atoms with Crippen molar-refractivity contribution in [1.82, 2.24) is 14.8 Å². The second-order valence-corrected chi connectivity index (χ2v) is 5.94. The Bertz CT molecular complexity index is 650. The van der Waals surface area contributed by atoms with Crippen molar-refractivity contribution in [2.45, 2.75) is 27.2 Å². The highest BCUT2D eigenvalue weighted by atomic mass is 79.9. The fraction of sp³-hybridized carbons (Fsp3) is 0.400. The molecular weight excluding hydrogens is 334 g/mol. The number of methoxy groups -OCH3 is 1. The highest BCUT2D eigenvalue weighted by Gasteiger charge is 2.20.